The Labute approximate surface area is 141 Å². The molecule has 3 rings (SSSR count). The second-order valence-corrected chi connectivity index (χ2v) is 5.82. The second-order valence-electron chi connectivity index (χ2n) is 5.82. The summed E-state index contributed by atoms with van der Waals surface area (Å²) in [7, 11) is 0. The molecule has 0 amide bonds. The molecule has 1 aliphatic rings. The minimum Gasteiger partial charge on any atom is -0.494 e. The van der Waals surface area contributed by atoms with E-state index >= 15 is 0 Å². The zero-order chi connectivity index (χ0) is 16.9. The van der Waals surface area contributed by atoms with Crippen LogP contribution in [0.25, 0.3) is 0 Å². The zero-order valence-electron chi connectivity index (χ0n) is 13.7. The predicted molar refractivity (Wildman–Crippen MR) is 87.9 cm³/mol. The average Bonchev–Trinajstić information content (AvgIpc) is 2.84. The fraction of sp³-hybridized carbons (Fsp3) is 0.444. The Morgan fingerprint density at radius 1 is 1.38 bits per heavy atom. The van der Waals surface area contributed by atoms with Gasteiger partial charge in [-0.25, -0.2) is 0 Å². The number of nitriles is 1. The van der Waals surface area contributed by atoms with E-state index in [-0.39, 0.29) is 5.78 Å². The van der Waals surface area contributed by atoms with Crippen molar-refractivity contribution in [3.63, 3.8) is 0 Å². The molecule has 0 saturated heterocycles. The van der Waals surface area contributed by atoms with Crippen molar-refractivity contribution in [2.24, 2.45) is 0 Å². The van der Waals surface area contributed by atoms with E-state index in [1.807, 2.05) is 11.5 Å². The number of aromatic nitrogens is 3. The fourth-order valence-electron chi connectivity index (χ4n) is 3.03. The maximum atomic E-state index is 12.8. The first kappa shape index (κ1) is 16.2. The lowest BCUT2D eigenvalue weighted by molar-refractivity contribution is 0.0974. The zero-order valence-corrected chi connectivity index (χ0v) is 13.7. The van der Waals surface area contributed by atoms with Gasteiger partial charge in [0, 0.05) is 18.5 Å². The number of hydrogen-bond acceptors (Lipinski definition) is 5. The molecule has 0 N–H and O–H groups in total. The van der Waals surface area contributed by atoms with E-state index in [0.29, 0.717) is 23.7 Å². The van der Waals surface area contributed by atoms with Gasteiger partial charge in [-0.2, -0.15) is 5.26 Å². The average molecular weight is 324 g/mol. The van der Waals surface area contributed by atoms with Gasteiger partial charge in [0.2, 0.25) is 0 Å². The number of benzene rings is 1. The lowest BCUT2D eigenvalue weighted by Crippen LogP contribution is -2.17. The highest BCUT2D eigenvalue weighted by molar-refractivity contribution is 6.02. The van der Waals surface area contributed by atoms with Crippen LogP contribution in [0.15, 0.2) is 24.3 Å². The van der Waals surface area contributed by atoms with Crippen LogP contribution < -0.4 is 4.74 Å². The number of nitrogens with zero attached hydrogens (tertiary/aromatic N) is 4. The molecular formula is C18H20N4O2. The Kier molecular flexibility index (Phi) is 4.90. The van der Waals surface area contributed by atoms with Crippen LogP contribution in [0.2, 0.25) is 0 Å². The third-order valence-corrected chi connectivity index (χ3v) is 4.22. The van der Waals surface area contributed by atoms with E-state index in [0.717, 1.165) is 38.1 Å². The number of ether oxygens (including phenoxy) is 1. The van der Waals surface area contributed by atoms with Crippen molar-refractivity contribution in [3.8, 4) is 11.8 Å². The van der Waals surface area contributed by atoms with Gasteiger partial charge in [-0.1, -0.05) is 18.6 Å². The highest BCUT2D eigenvalue weighted by Crippen LogP contribution is 2.24. The molecule has 2 aromatic rings. The summed E-state index contributed by atoms with van der Waals surface area (Å²) in [4.78, 5) is 12.8. The standard InChI is InChI=1S/C18H20N4O2/c1-2-24-14-8-6-7-13(11-14)17(23)15(12-19)18-21-20-16-9-4-3-5-10-22(16)18/h6-8,11,15H,2-5,9-10H2,1H3. The van der Waals surface area contributed by atoms with Crippen LogP contribution in [-0.2, 0) is 13.0 Å². The minimum absolute atomic E-state index is 0.265. The molecule has 1 atom stereocenters. The SMILES string of the molecule is CCOc1cccc(C(=O)C(C#N)c2nnc3n2CCCCC3)c1. The molecule has 0 spiro atoms. The van der Waals surface area contributed by atoms with Crippen LogP contribution in [0.4, 0.5) is 0 Å². The number of fused-ring (bicyclic) bond motifs is 1. The van der Waals surface area contributed by atoms with Gasteiger partial charge >= 0.3 is 0 Å². The number of carbonyl (C=O) groups is 1. The summed E-state index contributed by atoms with van der Waals surface area (Å²) in [6.45, 7) is 3.18. The first-order valence-corrected chi connectivity index (χ1v) is 8.33. The van der Waals surface area contributed by atoms with Gasteiger partial charge in [0.25, 0.3) is 0 Å². The molecule has 1 aliphatic heterocycles. The molecule has 6 heteroatoms. The van der Waals surface area contributed by atoms with Gasteiger partial charge in [-0.15, -0.1) is 10.2 Å². The van der Waals surface area contributed by atoms with Gasteiger partial charge < -0.3 is 9.30 Å². The van der Waals surface area contributed by atoms with Crippen LogP contribution in [0.3, 0.4) is 0 Å². The molecule has 24 heavy (non-hydrogen) atoms. The van der Waals surface area contributed by atoms with Crippen LogP contribution in [0.1, 0.15) is 54.1 Å². The van der Waals surface area contributed by atoms with Crippen molar-refractivity contribution < 1.29 is 9.53 Å². The van der Waals surface area contributed by atoms with Crippen molar-refractivity contribution in [1.29, 1.82) is 5.26 Å². The van der Waals surface area contributed by atoms with Crippen LogP contribution in [0, 0.1) is 11.3 Å². The van der Waals surface area contributed by atoms with Crippen LogP contribution in [0.5, 0.6) is 5.75 Å². The Morgan fingerprint density at radius 2 is 2.25 bits per heavy atom. The summed E-state index contributed by atoms with van der Waals surface area (Å²) in [5.41, 5.74) is 0.457. The van der Waals surface area contributed by atoms with Crippen molar-refractivity contribution in [2.75, 3.05) is 6.61 Å². The largest absolute Gasteiger partial charge is 0.494 e. The van der Waals surface area contributed by atoms with Crippen LogP contribution in [-0.4, -0.2) is 27.2 Å². The molecule has 6 nitrogen and oxygen atoms in total. The molecule has 0 bridgehead atoms. The van der Waals surface area contributed by atoms with Gasteiger partial charge in [0.15, 0.2) is 17.5 Å². The van der Waals surface area contributed by atoms with E-state index in [1.165, 1.54) is 0 Å². The van der Waals surface area contributed by atoms with Gasteiger partial charge in [0.05, 0.1) is 12.7 Å². The second kappa shape index (κ2) is 7.26. The fourth-order valence-corrected chi connectivity index (χ4v) is 3.03. The molecule has 0 radical (unpaired) electrons. The third-order valence-electron chi connectivity index (χ3n) is 4.22. The lowest BCUT2D eigenvalue weighted by atomic mass is 9.97. The molecule has 1 aromatic carbocycles. The number of rotatable bonds is 5. The lowest BCUT2D eigenvalue weighted by Gasteiger charge is -2.12. The summed E-state index contributed by atoms with van der Waals surface area (Å²) in [5.74, 6) is 0.750. The predicted octanol–water partition coefficient (Wildman–Crippen LogP) is 2.89. The Bertz CT molecular complexity index is 776. The number of hydrogen-bond donors (Lipinski definition) is 0. The smallest absolute Gasteiger partial charge is 0.187 e. The number of ketones is 1. The summed E-state index contributed by atoms with van der Waals surface area (Å²) in [5, 5.41) is 17.9. The van der Waals surface area contributed by atoms with E-state index in [4.69, 9.17) is 4.74 Å². The first-order valence-electron chi connectivity index (χ1n) is 8.33. The number of Topliss-reactive ketones (excluding diaryl/α,β-unsaturated/α-hetero) is 1. The Hall–Kier alpha value is -2.68. The maximum absolute atomic E-state index is 12.8. The van der Waals surface area contributed by atoms with Gasteiger partial charge in [-0.3, -0.25) is 4.79 Å². The minimum atomic E-state index is -0.943. The summed E-state index contributed by atoms with van der Waals surface area (Å²) in [6, 6.07) is 9.05. The molecule has 0 fully saturated rings. The van der Waals surface area contributed by atoms with Crippen molar-refractivity contribution >= 4 is 5.78 Å². The summed E-state index contributed by atoms with van der Waals surface area (Å²) >= 11 is 0. The molecule has 124 valence electrons. The van der Waals surface area contributed by atoms with E-state index in [2.05, 4.69) is 16.3 Å². The van der Waals surface area contributed by atoms with Crippen molar-refractivity contribution in [3.05, 3.63) is 41.5 Å². The van der Waals surface area contributed by atoms with E-state index in [9.17, 15) is 10.1 Å². The highest BCUT2D eigenvalue weighted by atomic mass is 16.5. The Balaban J connectivity index is 1.92. The van der Waals surface area contributed by atoms with E-state index < -0.39 is 5.92 Å². The van der Waals surface area contributed by atoms with Crippen LogP contribution >= 0.6 is 0 Å². The van der Waals surface area contributed by atoms with Gasteiger partial charge in [0.1, 0.15) is 11.6 Å². The van der Waals surface area contributed by atoms with Crippen molar-refractivity contribution in [1.82, 2.24) is 14.8 Å². The van der Waals surface area contributed by atoms with E-state index in [1.54, 1.807) is 24.3 Å². The topological polar surface area (TPSA) is 80.8 Å². The molecule has 2 heterocycles. The normalized spacial score (nSPS) is 15.0. The highest BCUT2D eigenvalue weighted by Gasteiger charge is 2.29. The molecular weight excluding hydrogens is 304 g/mol. The maximum Gasteiger partial charge on any atom is 0.187 e. The monoisotopic (exact) mass is 324 g/mol. The van der Waals surface area contributed by atoms with Gasteiger partial charge in [-0.05, 0) is 31.9 Å². The Morgan fingerprint density at radius 3 is 3.04 bits per heavy atom. The molecule has 0 saturated carbocycles. The summed E-state index contributed by atoms with van der Waals surface area (Å²) < 4.78 is 7.39. The van der Waals surface area contributed by atoms with Crippen molar-refractivity contribution in [2.45, 2.75) is 45.1 Å². The molecule has 1 aromatic heterocycles. The molecule has 1 unspecified atom stereocenters. The number of aryl methyl sites for hydroxylation is 1. The number of carbonyl (C=O) groups excluding carboxylic acids is 1. The first-order chi connectivity index (χ1) is 11.7. The third kappa shape index (κ3) is 3.16. The summed E-state index contributed by atoms with van der Waals surface area (Å²) in [6.07, 6.45) is 4.06. The quantitative estimate of drug-likeness (QED) is 0.790. The molecule has 0 aliphatic carbocycles.